The number of carbonyl (C=O) groups excluding carboxylic acids is 1. The Kier molecular flexibility index (Phi) is 1.95. The van der Waals surface area contributed by atoms with Crippen molar-refractivity contribution in [1.82, 2.24) is 9.13 Å². The van der Waals surface area contributed by atoms with Gasteiger partial charge in [0.2, 0.25) is 6.41 Å². The van der Waals surface area contributed by atoms with Crippen LogP contribution in [0.15, 0.2) is 15.8 Å². The van der Waals surface area contributed by atoms with Crippen LogP contribution in [0.1, 0.15) is 5.56 Å². The molecule has 0 radical (unpaired) electrons. The van der Waals surface area contributed by atoms with Gasteiger partial charge in [-0.15, -0.1) is 0 Å². The molecule has 0 atom stereocenters. The van der Waals surface area contributed by atoms with Crippen molar-refractivity contribution in [1.29, 1.82) is 0 Å². The Labute approximate surface area is 67.9 Å². The largest absolute Gasteiger partial charge is 0.337 e. The summed E-state index contributed by atoms with van der Waals surface area (Å²) in [5.41, 5.74) is -0.636. The molecule has 1 aromatic rings. The maximum absolute atomic E-state index is 11.1. The lowest BCUT2D eigenvalue weighted by atomic mass is 10.4. The molecule has 0 amide bonds. The first-order valence-electron chi connectivity index (χ1n) is 3.32. The number of rotatable bonds is 1. The van der Waals surface area contributed by atoms with Crippen LogP contribution < -0.4 is 11.2 Å². The van der Waals surface area contributed by atoms with E-state index in [1.165, 1.54) is 13.2 Å². The van der Waals surface area contributed by atoms with Gasteiger partial charge < -0.3 is 0 Å². The highest BCUT2D eigenvalue weighted by Crippen LogP contribution is 1.80. The number of hydrogen-bond acceptors (Lipinski definition) is 3. The Hall–Kier alpha value is -1.65. The van der Waals surface area contributed by atoms with Crippen LogP contribution in [-0.2, 0) is 11.8 Å². The lowest BCUT2D eigenvalue weighted by Gasteiger charge is -2.00. The Morgan fingerprint density at radius 3 is 2.50 bits per heavy atom. The molecular weight excluding hydrogens is 160 g/mol. The molecule has 0 spiro atoms. The van der Waals surface area contributed by atoms with Crippen molar-refractivity contribution in [3.8, 4) is 0 Å². The Morgan fingerprint density at radius 2 is 2.00 bits per heavy atom. The predicted octanol–water partition coefficient (Wildman–Crippen LogP) is -1.11. The predicted molar refractivity (Wildman–Crippen MR) is 42.8 cm³/mol. The number of carbonyl (C=O) groups is 1. The second kappa shape index (κ2) is 2.77. The molecule has 12 heavy (non-hydrogen) atoms. The van der Waals surface area contributed by atoms with E-state index in [0.717, 1.165) is 9.13 Å². The smallest absolute Gasteiger partial charge is 0.278 e. The SMILES string of the molecule is Cc1cn(C=O)c(=O)n(C)c1=O. The lowest BCUT2D eigenvalue weighted by Crippen LogP contribution is -2.38. The summed E-state index contributed by atoms with van der Waals surface area (Å²) in [6.07, 6.45) is 1.59. The zero-order valence-electron chi connectivity index (χ0n) is 6.77. The third kappa shape index (κ3) is 1.09. The van der Waals surface area contributed by atoms with Crippen LogP contribution >= 0.6 is 0 Å². The minimum absolute atomic E-state index is 0.365. The van der Waals surface area contributed by atoms with Crippen LogP contribution in [0.3, 0.4) is 0 Å². The van der Waals surface area contributed by atoms with Crippen molar-refractivity contribution < 1.29 is 4.79 Å². The zero-order valence-corrected chi connectivity index (χ0v) is 6.77. The van der Waals surface area contributed by atoms with Crippen molar-refractivity contribution >= 4 is 6.41 Å². The van der Waals surface area contributed by atoms with Gasteiger partial charge in [0.1, 0.15) is 0 Å². The monoisotopic (exact) mass is 168 g/mol. The summed E-state index contributed by atoms with van der Waals surface area (Å²) in [6, 6.07) is 0. The van der Waals surface area contributed by atoms with E-state index in [1.54, 1.807) is 6.92 Å². The molecule has 0 N–H and O–H groups in total. The standard InChI is InChI=1S/C7H8N2O3/c1-5-3-9(4-10)7(12)8(2)6(5)11/h3-4H,1-2H3. The first-order valence-corrected chi connectivity index (χ1v) is 3.32. The fraction of sp³-hybridized carbons (Fsp3) is 0.286. The summed E-state index contributed by atoms with van der Waals surface area (Å²) in [6.45, 7) is 1.54. The fourth-order valence-electron chi connectivity index (χ4n) is 0.919. The molecule has 0 fully saturated rings. The van der Waals surface area contributed by atoms with Gasteiger partial charge in [-0.25, -0.2) is 9.36 Å². The highest BCUT2D eigenvalue weighted by molar-refractivity contribution is 5.51. The molecule has 0 aliphatic carbocycles. The topological polar surface area (TPSA) is 61.1 Å². The average molecular weight is 168 g/mol. The quantitative estimate of drug-likeness (QED) is 0.500. The normalized spacial score (nSPS) is 9.83. The van der Waals surface area contributed by atoms with E-state index in [9.17, 15) is 14.4 Å². The molecule has 0 saturated heterocycles. The van der Waals surface area contributed by atoms with Crippen molar-refractivity contribution in [2.45, 2.75) is 6.92 Å². The van der Waals surface area contributed by atoms with Crippen LogP contribution in [0.4, 0.5) is 0 Å². The molecule has 0 saturated carbocycles. The van der Waals surface area contributed by atoms with Gasteiger partial charge in [0.25, 0.3) is 5.56 Å². The van der Waals surface area contributed by atoms with Gasteiger partial charge in [0.05, 0.1) is 0 Å². The van der Waals surface area contributed by atoms with Crippen LogP contribution in [0.2, 0.25) is 0 Å². The van der Waals surface area contributed by atoms with Gasteiger partial charge in [0.15, 0.2) is 0 Å². The summed E-state index contributed by atoms with van der Waals surface area (Å²) >= 11 is 0. The second-order valence-corrected chi connectivity index (χ2v) is 2.47. The van der Waals surface area contributed by atoms with Crippen LogP contribution in [0, 0.1) is 6.92 Å². The molecule has 5 heteroatoms. The fourth-order valence-corrected chi connectivity index (χ4v) is 0.919. The molecule has 5 nitrogen and oxygen atoms in total. The van der Waals surface area contributed by atoms with Gasteiger partial charge in [-0.3, -0.25) is 14.2 Å². The summed E-state index contributed by atoms with van der Waals surface area (Å²) in [5, 5.41) is 0. The minimum Gasteiger partial charge on any atom is -0.278 e. The summed E-state index contributed by atoms with van der Waals surface area (Å²) < 4.78 is 1.72. The van der Waals surface area contributed by atoms with E-state index in [0.29, 0.717) is 12.0 Å². The average Bonchev–Trinajstić information content (AvgIpc) is 2.08. The first kappa shape index (κ1) is 8.45. The molecule has 1 heterocycles. The molecule has 0 aliphatic rings. The van der Waals surface area contributed by atoms with Gasteiger partial charge in [-0.2, -0.15) is 0 Å². The van der Waals surface area contributed by atoms with E-state index in [2.05, 4.69) is 0 Å². The Morgan fingerprint density at radius 1 is 1.42 bits per heavy atom. The zero-order chi connectivity index (χ0) is 9.30. The van der Waals surface area contributed by atoms with Crippen LogP contribution in [0.5, 0.6) is 0 Å². The van der Waals surface area contributed by atoms with Crippen molar-refractivity contribution in [2.24, 2.45) is 7.05 Å². The van der Waals surface area contributed by atoms with Gasteiger partial charge in [-0.1, -0.05) is 0 Å². The van der Waals surface area contributed by atoms with E-state index >= 15 is 0 Å². The van der Waals surface area contributed by atoms with Crippen molar-refractivity contribution in [3.63, 3.8) is 0 Å². The van der Waals surface area contributed by atoms with Crippen molar-refractivity contribution in [3.05, 3.63) is 32.6 Å². The number of hydrogen-bond donors (Lipinski definition) is 0. The Balaban J connectivity index is 3.73. The highest BCUT2D eigenvalue weighted by atomic mass is 16.2. The van der Waals surface area contributed by atoms with Gasteiger partial charge >= 0.3 is 5.69 Å². The second-order valence-electron chi connectivity index (χ2n) is 2.47. The Bertz CT molecular complexity index is 427. The number of nitrogens with zero attached hydrogens (tertiary/aromatic N) is 2. The highest BCUT2D eigenvalue weighted by Gasteiger charge is 2.02. The van der Waals surface area contributed by atoms with E-state index in [1.807, 2.05) is 0 Å². The summed E-state index contributed by atoms with van der Waals surface area (Å²) in [4.78, 5) is 32.4. The molecule has 0 aromatic carbocycles. The van der Waals surface area contributed by atoms with Crippen LogP contribution in [0.25, 0.3) is 0 Å². The molecule has 0 unspecified atom stereocenters. The molecule has 0 aliphatic heterocycles. The first-order chi connectivity index (χ1) is 5.57. The van der Waals surface area contributed by atoms with Crippen molar-refractivity contribution in [2.75, 3.05) is 0 Å². The summed E-state index contributed by atoms with van der Waals surface area (Å²) in [7, 11) is 1.33. The maximum Gasteiger partial charge on any atom is 0.337 e. The maximum atomic E-state index is 11.1. The van der Waals surface area contributed by atoms with Crippen LogP contribution in [-0.4, -0.2) is 15.5 Å². The third-order valence-corrected chi connectivity index (χ3v) is 1.60. The molecule has 0 bridgehead atoms. The number of aromatic nitrogens is 2. The van der Waals surface area contributed by atoms with E-state index in [4.69, 9.17) is 0 Å². The molecular formula is C7H8N2O3. The molecule has 1 rings (SSSR count). The minimum atomic E-state index is -0.624. The van der Waals surface area contributed by atoms with Gasteiger partial charge in [-0.05, 0) is 6.92 Å². The molecule has 1 aromatic heterocycles. The third-order valence-electron chi connectivity index (χ3n) is 1.60. The van der Waals surface area contributed by atoms with E-state index in [-0.39, 0.29) is 5.56 Å². The summed E-state index contributed by atoms with van der Waals surface area (Å²) in [5.74, 6) is 0. The van der Waals surface area contributed by atoms with Gasteiger partial charge in [0, 0.05) is 18.8 Å². The van der Waals surface area contributed by atoms with E-state index < -0.39 is 5.69 Å². The lowest BCUT2D eigenvalue weighted by molar-refractivity contribution is 0.540. The number of aryl methyl sites for hydroxylation is 1. The molecule has 64 valence electrons.